The summed E-state index contributed by atoms with van der Waals surface area (Å²) in [7, 11) is 0. The van der Waals surface area contributed by atoms with E-state index in [0.29, 0.717) is 11.7 Å². The quantitative estimate of drug-likeness (QED) is 0.220. The maximum absolute atomic E-state index is 10.7. The Morgan fingerprint density at radius 1 is 0.839 bits per heavy atom. The Kier molecular flexibility index (Phi) is 16.2. The molecule has 4 heteroatoms. The van der Waals surface area contributed by atoms with E-state index >= 15 is 0 Å². The van der Waals surface area contributed by atoms with Crippen LogP contribution in [0.25, 0.3) is 0 Å². The summed E-state index contributed by atoms with van der Waals surface area (Å²) in [6.45, 7) is 2.26. The second-order valence-electron chi connectivity index (χ2n) is 8.15. The first-order valence-corrected chi connectivity index (χ1v) is 12.6. The zero-order valence-electron chi connectivity index (χ0n) is 19.5. The topological polar surface area (TPSA) is 40.1 Å². The molecule has 2 nitrogen and oxygen atoms in total. The molecule has 0 aliphatic heterocycles. The third-order valence-electron chi connectivity index (χ3n) is 5.54. The van der Waals surface area contributed by atoms with Crippen LogP contribution >= 0.6 is 11.8 Å². The molecule has 0 fully saturated rings. The van der Waals surface area contributed by atoms with Gasteiger partial charge in [-0.1, -0.05) is 94.3 Å². The van der Waals surface area contributed by atoms with Crippen molar-refractivity contribution >= 4 is 17.7 Å². The van der Waals surface area contributed by atoms with Crippen LogP contribution < -0.4 is 34.7 Å². The number of benzene rings is 2. The molecule has 0 spiro atoms. The largest absolute Gasteiger partial charge is 1.00 e. The number of aliphatic carboxylic acids is 1. The molecule has 0 bridgehead atoms. The number of carboxylic acids is 1. The minimum absolute atomic E-state index is 0. The normalized spacial score (nSPS) is 11.6. The Bertz CT molecular complexity index is 703. The first kappa shape index (κ1) is 28.3. The maximum atomic E-state index is 10.7. The molecule has 31 heavy (non-hydrogen) atoms. The fourth-order valence-corrected chi connectivity index (χ4v) is 4.96. The Morgan fingerprint density at radius 3 is 2.13 bits per heavy atom. The predicted molar refractivity (Wildman–Crippen MR) is 127 cm³/mol. The standard InChI is InChI=1S/C27H38O2S.Na/c1-2-3-4-5-6-7-9-14-23-19-21-24(22-20-23)26(17-12-13-18-27(28)29)30-25-15-10-8-11-16-25;/h8,10-11,15-16,19-22,26H,2-7,9,12-14,17-18H2,1H3,(H,28,29);/q;+1/p-1. The summed E-state index contributed by atoms with van der Waals surface area (Å²) in [6.07, 6.45) is 13.3. The summed E-state index contributed by atoms with van der Waals surface area (Å²) >= 11 is 1.87. The number of hydrogen-bond acceptors (Lipinski definition) is 3. The van der Waals surface area contributed by atoms with Gasteiger partial charge in [0.1, 0.15) is 0 Å². The average molecular weight is 449 g/mol. The van der Waals surface area contributed by atoms with Crippen LogP contribution in [-0.2, 0) is 11.2 Å². The molecule has 0 aliphatic rings. The van der Waals surface area contributed by atoms with Gasteiger partial charge in [-0.05, 0) is 55.4 Å². The van der Waals surface area contributed by atoms with E-state index in [2.05, 4.69) is 55.5 Å². The first-order chi connectivity index (χ1) is 14.7. The number of carbonyl (C=O) groups is 1. The van der Waals surface area contributed by atoms with E-state index in [4.69, 9.17) is 0 Å². The summed E-state index contributed by atoms with van der Waals surface area (Å²) in [5, 5.41) is 11.0. The summed E-state index contributed by atoms with van der Waals surface area (Å²) in [5.41, 5.74) is 2.76. The number of unbranched alkanes of at least 4 members (excludes halogenated alkanes) is 7. The molecular formula is C27H37NaO2S. The zero-order valence-corrected chi connectivity index (χ0v) is 22.3. The first-order valence-electron chi connectivity index (χ1n) is 11.7. The molecule has 2 aromatic rings. The fourth-order valence-electron chi connectivity index (χ4n) is 3.74. The maximum Gasteiger partial charge on any atom is 1.00 e. The van der Waals surface area contributed by atoms with Gasteiger partial charge in [0.05, 0.1) is 0 Å². The minimum Gasteiger partial charge on any atom is -0.550 e. The monoisotopic (exact) mass is 448 g/mol. The second kappa shape index (κ2) is 17.8. The molecular weight excluding hydrogens is 411 g/mol. The number of carboxylic acid groups (broad SMARTS) is 1. The van der Waals surface area contributed by atoms with E-state index in [-0.39, 0.29) is 36.0 Å². The third-order valence-corrected chi connectivity index (χ3v) is 6.88. The van der Waals surface area contributed by atoms with Gasteiger partial charge in [-0.25, -0.2) is 0 Å². The molecule has 0 heterocycles. The van der Waals surface area contributed by atoms with Crippen LogP contribution in [0.2, 0.25) is 0 Å². The number of thioether (sulfide) groups is 1. The van der Waals surface area contributed by atoms with Crippen LogP contribution in [0.1, 0.15) is 93.9 Å². The summed E-state index contributed by atoms with van der Waals surface area (Å²) in [5.74, 6) is -0.947. The third kappa shape index (κ3) is 12.8. The van der Waals surface area contributed by atoms with Crippen LogP contribution in [0.5, 0.6) is 0 Å². The zero-order chi connectivity index (χ0) is 21.4. The van der Waals surface area contributed by atoms with Crippen LogP contribution in [0.4, 0.5) is 0 Å². The van der Waals surface area contributed by atoms with Gasteiger partial charge in [0.2, 0.25) is 0 Å². The van der Waals surface area contributed by atoms with Crippen molar-refractivity contribution in [3.05, 3.63) is 65.7 Å². The van der Waals surface area contributed by atoms with Crippen molar-refractivity contribution in [1.82, 2.24) is 0 Å². The average Bonchev–Trinajstić information content (AvgIpc) is 2.76. The van der Waals surface area contributed by atoms with Crippen molar-refractivity contribution in [2.45, 2.75) is 94.1 Å². The predicted octanol–water partition coefficient (Wildman–Crippen LogP) is 4.13. The molecule has 0 saturated carbocycles. The van der Waals surface area contributed by atoms with E-state index in [1.165, 1.54) is 61.0 Å². The van der Waals surface area contributed by atoms with Gasteiger partial charge in [-0.15, -0.1) is 11.8 Å². The number of carbonyl (C=O) groups excluding carboxylic acids is 1. The Hall–Kier alpha value is -0.740. The number of rotatable bonds is 16. The van der Waals surface area contributed by atoms with E-state index in [1.807, 2.05) is 17.8 Å². The van der Waals surface area contributed by atoms with Crippen molar-refractivity contribution < 1.29 is 39.5 Å². The number of hydrogen-bond donors (Lipinski definition) is 0. The Morgan fingerprint density at radius 2 is 1.48 bits per heavy atom. The van der Waals surface area contributed by atoms with Gasteiger partial charge in [0.25, 0.3) is 0 Å². The van der Waals surface area contributed by atoms with Crippen molar-refractivity contribution in [3.63, 3.8) is 0 Å². The van der Waals surface area contributed by atoms with Crippen LogP contribution in [0.3, 0.4) is 0 Å². The smallest absolute Gasteiger partial charge is 0.550 e. The van der Waals surface area contributed by atoms with Crippen molar-refractivity contribution in [2.24, 2.45) is 0 Å². The van der Waals surface area contributed by atoms with E-state index in [0.717, 1.165) is 19.3 Å². The van der Waals surface area contributed by atoms with Crippen LogP contribution in [-0.4, -0.2) is 5.97 Å². The minimum atomic E-state index is -0.947. The molecule has 0 radical (unpaired) electrons. The molecule has 1 unspecified atom stereocenters. The van der Waals surface area contributed by atoms with Crippen molar-refractivity contribution in [1.29, 1.82) is 0 Å². The van der Waals surface area contributed by atoms with E-state index in [9.17, 15) is 9.90 Å². The SMILES string of the molecule is CCCCCCCCCc1ccc(C(CCCCC(=O)[O-])Sc2ccccc2)cc1.[Na+]. The van der Waals surface area contributed by atoms with Gasteiger partial charge in [-0.3, -0.25) is 0 Å². The molecule has 0 aliphatic carbocycles. The van der Waals surface area contributed by atoms with Crippen molar-refractivity contribution in [2.75, 3.05) is 0 Å². The fraction of sp³-hybridized carbons (Fsp3) is 0.519. The summed E-state index contributed by atoms with van der Waals surface area (Å²) in [4.78, 5) is 12.0. The van der Waals surface area contributed by atoms with Gasteiger partial charge in [0.15, 0.2) is 0 Å². The second-order valence-corrected chi connectivity index (χ2v) is 9.43. The number of aryl methyl sites for hydroxylation is 1. The van der Waals surface area contributed by atoms with Gasteiger partial charge in [-0.2, -0.15) is 0 Å². The molecule has 0 amide bonds. The van der Waals surface area contributed by atoms with E-state index < -0.39 is 5.97 Å². The Labute approximate surface area is 215 Å². The van der Waals surface area contributed by atoms with Gasteiger partial charge < -0.3 is 9.90 Å². The summed E-state index contributed by atoms with van der Waals surface area (Å²) in [6, 6.07) is 19.6. The summed E-state index contributed by atoms with van der Waals surface area (Å²) < 4.78 is 0. The molecule has 1 atom stereocenters. The van der Waals surface area contributed by atoms with Gasteiger partial charge >= 0.3 is 29.6 Å². The Balaban J connectivity index is 0.00000480. The molecule has 2 rings (SSSR count). The van der Waals surface area contributed by atoms with Crippen LogP contribution in [0.15, 0.2) is 59.5 Å². The molecule has 0 N–H and O–H groups in total. The molecule has 164 valence electrons. The van der Waals surface area contributed by atoms with Gasteiger partial charge in [0, 0.05) is 16.1 Å². The van der Waals surface area contributed by atoms with Crippen molar-refractivity contribution in [3.8, 4) is 0 Å². The van der Waals surface area contributed by atoms with E-state index in [1.54, 1.807) is 0 Å². The molecule has 2 aromatic carbocycles. The molecule has 0 saturated heterocycles. The molecule has 0 aromatic heterocycles. The van der Waals surface area contributed by atoms with Crippen LogP contribution in [0, 0.1) is 0 Å².